The SMILES string of the molecule is CNc1nc(-c2cnn(-c3ccccc3)c2)c(C(C)NC)s1. The molecule has 0 aliphatic heterocycles. The Bertz CT molecular complexity index is 747. The van der Waals surface area contributed by atoms with E-state index in [0.717, 1.165) is 22.1 Å². The molecule has 5 nitrogen and oxygen atoms in total. The molecule has 1 aromatic carbocycles. The van der Waals surface area contributed by atoms with Crippen LogP contribution in [0.1, 0.15) is 17.8 Å². The summed E-state index contributed by atoms with van der Waals surface area (Å²) in [6.45, 7) is 2.14. The predicted octanol–water partition coefficient (Wildman–Crippen LogP) is 3.32. The number of hydrogen-bond acceptors (Lipinski definition) is 5. The zero-order valence-electron chi connectivity index (χ0n) is 12.9. The van der Waals surface area contributed by atoms with E-state index in [9.17, 15) is 0 Å². The summed E-state index contributed by atoms with van der Waals surface area (Å²) in [7, 11) is 3.85. The van der Waals surface area contributed by atoms with Crippen LogP contribution >= 0.6 is 11.3 Å². The maximum atomic E-state index is 4.69. The van der Waals surface area contributed by atoms with Crippen LogP contribution in [-0.4, -0.2) is 28.9 Å². The lowest BCUT2D eigenvalue weighted by Crippen LogP contribution is -2.11. The van der Waals surface area contributed by atoms with E-state index in [-0.39, 0.29) is 6.04 Å². The number of anilines is 1. The molecule has 2 aromatic heterocycles. The number of nitrogens with zero attached hydrogens (tertiary/aromatic N) is 3. The van der Waals surface area contributed by atoms with Crippen molar-refractivity contribution in [3.63, 3.8) is 0 Å². The number of nitrogens with one attached hydrogen (secondary N) is 2. The smallest absolute Gasteiger partial charge is 0.183 e. The summed E-state index contributed by atoms with van der Waals surface area (Å²) in [6, 6.07) is 10.3. The Morgan fingerprint density at radius 3 is 2.64 bits per heavy atom. The number of hydrogen-bond donors (Lipinski definition) is 2. The quantitative estimate of drug-likeness (QED) is 0.759. The second-order valence-corrected chi connectivity index (χ2v) is 6.03. The van der Waals surface area contributed by atoms with Gasteiger partial charge in [0.25, 0.3) is 0 Å². The molecule has 0 amide bonds. The Labute approximate surface area is 134 Å². The van der Waals surface area contributed by atoms with Crippen molar-refractivity contribution in [3.05, 3.63) is 47.6 Å². The van der Waals surface area contributed by atoms with Crippen molar-refractivity contribution >= 4 is 16.5 Å². The number of thiazole rings is 1. The molecular weight excluding hydrogens is 294 g/mol. The number of benzene rings is 1. The molecule has 0 bridgehead atoms. The second kappa shape index (κ2) is 6.29. The van der Waals surface area contributed by atoms with Crippen LogP contribution in [0.25, 0.3) is 16.9 Å². The average molecular weight is 313 g/mol. The molecule has 1 atom stereocenters. The standard InChI is InChI=1S/C16H19N5S/c1-11(17-2)15-14(20-16(18-3)22-15)12-9-19-21(10-12)13-7-5-4-6-8-13/h4-11,17H,1-3H3,(H,18,20). The Morgan fingerprint density at radius 1 is 1.18 bits per heavy atom. The molecule has 3 aromatic rings. The van der Waals surface area contributed by atoms with Crippen molar-refractivity contribution in [3.8, 4) is 16.9 Å². The molecule has 0 saturated heterocycles. The molecule has 2 N–H and O–H groups in total. The van der Waals surface area contributed by atoms with Crippen LogP contribution in [-0.2, 0) is 0 Å². The van der Waals surface area contributed by atoms with Crippen LogP contribution in [0.3, 0.4) is 0 Å². The van der Waals surface area contributed by atoms with Gasteiger partial charge in [-0.1, -0.05) is 29.5 Å². The van der Waals surface area contributed by atoms with Crippen molar-refractivity contribution < 1.29 is 0 Å². The predicted molar refractivity (Wildman–Crippen MR) is 91.7 cm³/mol. The first-order chi connectivity index (χ1) is 10.7. The maximum absolute atomic E-state index is 4.69. The van der Waals surface area contributed by atoms with Gasteiger partial charge in [-0.05, 0) is 26.1 Å². The van der Waals surface area contributed by atoms with E-state index >= 15 is 0 Å². The lowest BCUT2D eigenvalue weighted by Gasteiger charge is -2.08. The monoisotopic (exact) mass is 313 g/mol. The van der Waals surface area contributed by atoms with Crippen LogP contribution in [0.5, 0.6) is 0 Å². The third kappa shape index (κ3) is 2.75. The first-order valence-corrected chi connectivity index (χ1v) is 8.00. The van der Waals surface area contributed by atoms with Gasteiger partial charge in [0.15, 0.2) is 5.13 Å². The number of para-hydroxylation sites is 1. The summed E-state index contributed by atoms with van der Waals surface area (Å²) >= 11 is 1.67. The van der Waals surface area contributed by atoms with Gasteiger partial charge in [0, 0.05) is 24.8 Å². The van der Waals surface area contributed by atoms with Gasteiger partial charge in [0.2, 0.25) is 0 Å². The fourth-order valence-corrected chi connectivity index (χ4v) is 3.24. The van der Waals surface area contributed by atoms with E-state index in [1.54, 1.807) is 11.3 Å². The Balaban J connectivity index is 2.01. The van der Waals surface area contributed by atoms with E-state index in [1.807, 2.05) is 61.5 Å². The van der Waals surface area contributed by atoms with Crippen molar-refractivity contribution in [2.75, 3.05) is 19.4 Å². The molecule has 0 radical (unpaired) electrons. The summed E-state index contributed by atoms with van der Waals surface area (Å²) in [5.74, 6) is 0. The van der Waals surface area contributed by atoms with Crippen LogP contribution in [0.15, 0.2) is 42.7 Å². The molecule has 6 heteroatoms. The van der Waals surface area contributed by atoms with Crippen molar-refractivity contribution in [1.29, 1.82) is 0 Å². The molecule has 1 unspecified atom stereocenters. The molecular formula is C16H19N5S. The minimum atomic E-state index is 0.245. The van der Waals surface area contributed by atoms with Gasteiger partial charge in [-0.2, -0.15) is 5.10 Å². The first-order valence-electron chi connectivity index (χ1n) is 7.19. The van der Waals surface area contributed by atoms with Gasteiger partial charge in [0.1, 0.15) is 0 Å². The lowest BCUT2D eigenvalue weighted by atomic mass is 10.1. The highest BCUT2D eigenvalue weighted by Crippen LogP contribution is 2.35. The highest BCUT2D eigenvalue weighted by molar-refractivity contribution is 7.16. The third-order valence-electron chi connectivity index (χ3n) is 3.57. The van der Waals surface area contributed by atoms with E-state index in [4.69, 9.17) is 0 Å². The molecule has 22 heavy (non-hydrogen) atoms. The van der Waals surface area contributed by atoms with Gasteiger partial charge in [-0.15, -0.1) is 0 Å². The zero-order chi connectivity index (χ0) is 15.5. The van der Waals surface area contributed by atoms with Crippen LogP contribution < -0.4 is 10.6 Å². The van der Waals surface area contributed by atoms with Gasteiger partial charge >= 0.3 is 0 Å². The molecule has 0 saturated carbocycles. The van der Waals surface area contributed by atoms with Gasteiger partial charge in [-0.3, -0.25) is 0 Å². The molecule has 114 valence electrons. The Morgan fingerprint density at radius 2 is 1.95 bits per heavy atom. The molecule has 3 rings (SSSR count). The largest absolute Gasteiger partial charge is 0.365 e. The summed E-state index contributed by atoms with van der Waals surface area (Å²) in [5, 5.41) is 11.8. The van der Waals surface area contributed by atoms with Crippen LogP contribution in [0.2, 0.25) is 0 Å². The highest BCUT2D eigenvalue weighted by Gasteiger charge is 2.18. The minimum absolute atomic E-state index is 0.245. The van der Waals surface area contributed by atoms with Crippen LogP contribution in [0, 0.1) is 0 Å². The molecule has 2 heterocycles. The fourth-order valence-electron chi connectivity index (χ4n) is 2.24. The summed E-state index contributed by atoms with van der Waals surface area (Å²) in [6.07, 6.45) is 3.89. The van der Waals surface area contributed by atoms with Crippen LogP contribution in [0.4, 0.5) is 5.13 Å². The first kappa shape index (κ1) is 14.7. The van der Waals surface area contributed by atoms with Gasteiger partial charge in [0.05, 0.1) is 22.5 Å². The molecule has 0 fully saturated rings. The molecule has 0 spiro atoms. The van der Waals surface area contributed by atoms with Crippen molar-refractivity contribution in [2.45, 2.75) is 13.0 Å². The summed E-state index contributed by atoms with van der Waals surface area (Å²) in [5.41, 5.74) is 3.05. The minimum Gasteiger partial charge on any atom is -0.365 e. The van der Waals surface area contributed by atoms with E-state index in [1.165, 1.54) is 4.88 Å². The van der Waals surface area contributed by atoms with Crippen molar-refractivity contribution in [1.82, 2.24) is 20.1 Å². The zero-order valence-corrected chi connectivity index (χ0v) is 13.7. The van der Waals surface area contributed by atoms with E-state index in [2.05, 4.69) is 27.6 Å². The van der Waals surface area contributed by atoms with Gasteiger partial charge in [-0.25, -0.2) is 9.67 Å². The summed E-state index contributed by atoms with van der Waals surface area (Å²) < 4.78 is 1.88. The molecule has 0 aliphatic carbocycles. The highest BCUT2D eigenvalue weighted by atomic mass is 32.1. The third-order valence-corrected chi connectivity index (χ3v) is 4.83. The Kier molecular flexibility index (Phi) is 4.22. The summed E-state index contributed by atoms with van der Waals surface area (Å²) in [4.78, 5) is 5.90. The maximum Gasteiger partial charge on any atom is 0.183 e. The number of aromatic nitrogens is 3. The normalized spacial score (nSPS) is 12.3. The van der Waals surface area contributed by atoms with E-state index < -0.39 is 0 Å². The average Bonchev–Trinajstić information content (AvgIpc) is 3.21. The van der Waals surface area contributed by atoms with Crippen molar-refractivity contribution in [2.24, 2.45) is 0 Å². The lowest BCUT2D eigenvalue weighted by molar-refractivity contribution is 0.664. The van der Waals surface area contributed by atoms with Gasteiger partial charge < -0.3 is 10.6 Å². The fraction of sp³-hybridized carbons (Fsp3) is 0.250. The second-order valence-electron chi connectivity index (χ2n) is 5.00. The van der Waals surface area contributed by atoms with E-state index in [0.29, 0.717) is 0 Å². The number of rotatable bonds is 5. The molecule has 0 aliphatic rings. The topological polar surface area (TPSA) is 54.8 Å². The Hall–Kier alpha value is -2.18.